The van der Waals surface area contributed by atoms with Crippen LogP contribution in [-0.2, 0) is 11.2 Å². The summed E-state index contributed by atoms with van der Waals surface area (Å²) in [5, 5.41) is 8.52. The molecule has 0 bridgehead atoms. The number of aliphatic carboxylic acids is 1. The molecule has 5 N–H and O–H groups in total. The van der Waals surface area contributed by atoms with Crippen LogP contribution < -0.4 is 11.5 Å². The smallest absolute Gasteiger partial charge is 0.320 e. The molecule has 1 amide bonds. The van der Waals surface area contributed by atoms with E-state index in [2.05, 4.69) is 4.98 Å². The van der Waals surface area contributed by atoms with E-state index in [1.54, 1.807) is 18.3 Å². The fourth-order valence-corrected chi connectivity index (χ4v) is 1.46. The number of hydrogen-bond donors (Lipinski definition) is 3. The summed E-state index contributed by atoms with van der Waals surface area (Å²) in [6.45, 7) is 0. The molecule has 1 heterocycles. The minimum atomic E-state index is -0.959. The Labute approximate surface area is 122 Å². The van der Waals surface area contributed by atoms with Crippen LogP contribution >= 0.6 is 0 Å². The van der Waals surface area contributed by atoms with Gasteiger partial charge in [-0.3, -0.25) is 14.6 Å². The van der Waals surface area contributed by atoms with Crippen molar-refractivity contribution in [3.05, 3.63) is 66.0 Å². The van der Waals surface area contributed by atoms with Crippen LogP contribution in [0.2, 0.25) is 0 Å². The number of pyridine rings is 1. The molecule has 0 saturated heterocycles. The first-order chi connectivity index (χ1) is 10.0. The topological polar surface area (TPSA) is 119 Å². The molecule has 0 aliphatic rings. The normalized spacial score (nSPS) is 10.9. The maximum absolute atomic E-state index is 10.4. The van der Waals surface area contributed by atoms with Gasteiger partial charge in [0.2, 0.25) is 5.91 Å². The second kappa shape index (κ2) is 8.44. The lowest BCUT2D eigenvalue weighted by Crippen LogP contribution is -2.32. The van der Waals surface area contributed by atoms with Crippen molar-refractivity contribution in [3.63, 3.8) is 0 Å². The highest BCUT2D eigenvalue weighted by molar-refractivity contribution is 5.92. The van der Waals surface area contributed by atoms with E-state index in [1.807, 2.05) is 30.3 Å². The zero-order chi connectivity index (χ0) is 15.7. The number of amides is 1. The summed E-state index contributed by atoms with van der Waals surface area (Å²) < 4.78 is 0. The van der Waals surface area contributed by atoms with E-state index in [9.17, 15) is 9.59 Å². The molecule has 110 valence electrons. The van der Waals surface area contributed by atoms with Crippen LogP contribution in [0.5, 0.6) is 0 Å². The quantitative estimate of drug-likeness (QED) is 0.769. The highest BCUT2D eigenvalue weighted by Gasteiger charge is 2.10. The molecule has 0 radical (unpaired) electrons. The number of primary amides is 1. The number of hydrogen-bond acceptors (Lipinski definition) is 4. The van der Waals surface area contributed by atoms with Gasteiger partial charge in [-0.1, -0.05) is 30.3 Å². The molecular formula is C15H17N3O3. The first-order valence-corrected chi connectivity index (χ1v) is 6.23. The third-order valence-electron chi connectivity index (χ3n) is 2.56. The van der Waals surface area contributed by atoms with Crippen molar-refractivity contribution >= 4 is 11.9 Å². The second-order valence-corrected chi connectivity index (χ2v) is 4.24. The molecule has 1 unspecified atom stereocenters. The van der Waals surface area contributed by atoms with Gasteiger partial charge in [-0.2, -0.15) is 0 Å². The van der Waals surface area contributed by atoms with Crippen LogP contribution in [0, 0.1) is 0 Å². The first kappa shape index (κ1) is 16.3. The van der Waals surface area contributed by atoms with Crippen molar-refractivity contribution < 1.29 is 14.7 Å². The fourth-order valence-electron chi connectivity index (χ4n) is 1.46. The molecule has 21 heavy (non-hydrogen) atoms. The highest BCUT2D eigenvalue weighted by atomic mass is 16.4. The van der Waals surface area contributed by atoms with Crippen LogP contribution in [0.25, 0.3) is 0 Å². The zero-order valence-corrected chi connectivity index (χ0v) is 11.3. The van der Waals surface area contributed by atoms with Crippen molar-refractivity contribution in [2.24, 2.45) is 11.5 Å². The highest BCUT2D eigenvalue weighted by Crippen LogP contribution is 2.01. The molecule has 0 fully saturated rings. The van der Waals surface area contributed by atoms with Crippen molar-refractivity contribution in [2.45, 2.75) is 12.5 Å². The summed E-state index contributed by atoms with van der Waals surface area (Å²) in [5.74, 6) is -1.40. The number of rotatable bonds is 4. The van der Waals surface area contributed by atoms with E-state index < -0.39 is 17.9 Å². The van der Waals surface area contributed by atoms with Gasteiger partial charge in [-0.05, 0) is 24.1 Å². The Bertz CT molecular complexity index is 573. The molecule has 0 aliphatic carbocycles. The summed E-state index contributed by atoms with van der Waals surface area (Å²) in [6.07, 6.45) is 3.41. The van der Waals surface area contributed by atoms with Gasteiger partial charge in [0, 0.05) is 12.4 Å². The largest absolute Gasteiger partial charge is 0.480 e. The van der Waals surface area contributed by atoms with Crippen molar-refractivity contribution in [2.75, 3.05) is 0 Å². The lowest BCUT2D eigenvalue weighted by atomic mass is 10.1. The van der Waals surface area contributed by atoms with Crippen molar-refractivity contribution in [1.29, 1.82) is 0 Å². The van der Waals surface area contributed by atoms with Gasteiger partial charge in [0.1, 0.15) is 6.04 Å². The summed E-state index contributed by atoms with van der Waals surface area (Å²) in [4.78, 5) is 24.5. The number of benzene rings is 1. The first-order valence-electron chi connectivity index (χ1n) is 6.23. The molecule has 0 saturated carbocycles. The Kier molecular flexibility index (Phi) is 6.56. The molecule has 2 rings (SSSR count). The number of nitrogens with zero attached hydrogens (tertiary/aromatic N) is 1. The van der Waals surface area contributed by atoms with Crippen LogP contribution in [0.15, 0.2) is 54.9 Å². The zero-order valence-electron chi connectivity index (χ0n) is 11.3. The average molecular weight is 287 g/mol. The Morgan fingerprint density at radius 3 is 2.24 bits per heavy atom. The Morgan fingerprint density at radius 2 is 1.81 bits per heavy atom. The van der Waals surface area contributed by atoms with Gasteiger partial charge in [0.25, 0.3) is 0 Å². The third kappa shape index (κ3) is 6.31. The number of aromatic nitrogens is 1. The van der Waals surface area contributed by atoms with Crippen molar-refractivity contribution in [3.8, 4) is 0 Å². The maximum atomic E-state index is 10.4. The molecule has 1 aromatic heterocycles. The average Bonchev–Trinajstić information content (AvgIpc) is 2.49. The SMILES string of the molecule is NC(=O)c1cccnc1.NC(Cc1ccccc1)C(=O)O. The van der Waals surface area contributed by atoms with Crippen LogP contribution in [0.1, 0.15) is 15.9 Å². The summed E-state index contributed by atoms with van der Waals surface area (Å²) >= 11 is 0. The predicted molar refractivity (Wildman–Crippen MR) is 78.5 cm³/mol. The van der Waals surface area contributed by atoms with Crippen molar-refractivity contribution in [1.82, 2.24) is 4.98 Å². The van der Waals surface area contributed by atoms with Crippen LogP contribution in [0.4, 0.5) is 0 Å². The van der Waals surface area contributed by atoms with Crippen LogP contribution in [-0.4, -0.2) is 28.0 Å². The van der Waals surface area contributed by atoms with Gasteiger partial charge in [-0.25, -0.2) is 0 Å². The molecule has 0 aliphatic heterocycles. The van der Waals surface area contributed by atoms with Crippen LogP contribution in [0.3, 0.4) is 0 Å². The minimum absolute atomic E-state index is 0.385. The molecule has 1 aromatic carbocycles. The van der Waals surface area contributed by atoms with Gasteiger partial charge in [0.05, 0.1) is 5.56 Å². The molecule has 0 spiro atoms. The lowest BCUT2D eigenvalue weighted by molar-refractivity contribution is -0.138. The number of nitrogens with two attached hydrogens (primary N) is 2. The number of carbonyl (C=O) groups excluding carboxylic acids is 1. The lowest BCUT2D eigenvalue weighted by Gasteiger charge is -2.04. The molecule has 2 aromatic rings. The number of carbonyl (C=O) groups is 2. The molecule has 6 heteroatoms. The second-order valence-electron chi connectivity index (χ2n) is 4.24. The van der Waals surface area contributed by atoms with E-state index in [1.165, 1.54) is 6.20 Å². The monoisotopic (exact) mass is 287 g/mol. The van der Waals surface area contributed by atoms with E-state index in [4.69, 9.17) is 16.6 Å². The Hall–Kier alpha value is -2.73. The Balaban J connectivity index is 0.000000219. The maximum Gasteiger partial charge on any atom is 0.320 e. The third-order valence-corrected chi connectivity index (χ3v) is 2.56. The predicted octanol–water partition coefficient (Wildman–Crippen LogP) is 0.821. The van der Waals surface area contributed by atoms with E-state index in [-0.39, 0.29) is 0 Å². The summed E-state index contributed by atoms with van der Waals surface area (Å²) in [5.41, 5.74) is 11.7. The van der Waals surface area contributed by atoms with E-state index in [0.717, 1.165) is 5.56 Å². The van der Waals surface area contributed by atoms with Gasteiger partial charge >= 0.3 is 5.97 Å². The fraction of sp³-hybridized carbons (Fsp3) is 0.133. The summed E-state index contributed by atoms with van der Waals surface area (Å²) in [6, 6.07) is 11.8. The van der Waals surface area contributed by atoms with E-state index >= 15 is 0 Å². The standard InChI is InChI=1S/C9H11NO2.C6H6N2O/c10-8(9(11)12)6-7-4-2-1-3-5-7;7-6(9)5-2-1-3-8-4-5/h1-5,8H,6,10H2,(H,11,12);1-4H,(H2,7,9). The number of carboxylic acid groups (broad SMARTS) is 1. The van der Waals surface area contributed by atoms with E-state index in [0.29, 0.717) is 12.0 Å². The van der Waals surface area contributed by atoms with Gasteiger partial charge in [-0.15, -0.1) is 0 Å². The number of carboxylic acids is 1. The molecular weight excluding hydrogens is 270 g/mol. The summed E-state index contributed by atoms with van der Waals surface area (Å²) in [7, 11) is 0. The van der Waals surface area contributed by atoms with Gasteiger partial charge < -0.3 is 16.6 Å². The molecule has 6 nitrogen and oxygen atoms in total. The minimum Gasteiger partial charge on any atom is -0.480 e. The van der Waals surface area contributed by atoms with Gasteiger partial charge in [0.15, 0.2) is 0 Å². The molecule has 1 atom stereocenters. The Morgan fingerprint density at radius 1 is 1.14 bits per heavy atom.